The molecule has 1 heterocycles. The molecule has 3 rings (SSSR count). The average molecular weight is 398 g/mol. The second-order valence-corrected chi connectivity index (χ2v) is 6.88. The summed E-state index contributed by atoms with van der Waals surface area (Å²) >= 11 is 0. The van der Waals surface area contributed by atoms with Gasteiger partial charge >= 0.3 is 5.97 Å². The van der Waals surface area contributed by atoms with E-state index in [1.807, 2.05) is 43.3 Å². The van der Waals surface area contributed by atoms with Gasteiger partial charge in [-0.3, -0.25) is 4.79 Å². The van der Waals surface area contributed by atoms with E-state index < -0.39 is 18.0 Å². The molecule has 0 aromatic heterocycles. The molecule has 0 radical (unpaired) electrons. The van der Waals surface area contributed by atoms with Crippen molar-refractivity contribution in [1.29, 1.82) is 0 Å². The predicted octanol–water partition coefficient (Wildman–Crippen LogP) is 2.78. The zero-order chi connectivity index (χ0) is 20.6. The molecule has 0 spiro atoms. The molecule has 1 unspecified atom stereocenters. The zero-order valence-corrected chi connectivity index (χ0v) is 16.7. The van der Waals surface area contributed by atoms with Crippen molar-refractivity contribution in [3.63, 3.8) is 0 Å². The quantitative estimate of drug-likeness (QED) is 0.723. The highest BCUT2D eigenvalue weighted by Gasteiger charge is 2.18. The molecule has 1 aliphatic heterocycles. The Morgan fingerprint density at radius 1 is 1.07 bits per heavy atom. The number of carbonyl (C=O) groups excluding carboxylic acids is 2. The Hall–Kier alpha value is -3.06. The number of hydrogen-bond acceptors (Lipinski definition) is 6. The summed E-state index contributed by atoms with van der Waals surface area (Å²) in [5.74, 6) is -0.423. The number of ether oxygens (including phenoxy) is 3. The molecule has 1 aliphatic rings. The molecule has 0 bridgehead atoms. The Kier molecular flexibility index (Phi) is 7.08. The van der Waals surface area contributed by atoms with Crippen LogP contribution >= 0.6 is 0 Å². The highest BCUT2D eigenvalue weighted by Crippen LogP contribution is 2.19. The van der Waals surface area contributed by atoms with Gasteiger partial charge in [-0.15, -0.1) is 0 Å². The minimum Gasteiger partial charge on any atom is -0.479 e. The number of carbonyl (C=O) groups is 2. The smallest absolute Gasteiger partial charge is 0.347 e. The van der Waals surface area contributed by atoms with Gasteiger partial charge in [-0.1, -0.05) is 17.7 Å². The molecule has 29 heavy (non-hydrogen) atoms. The fourth-order valence-corrected chi connectivity index (χ4v) is 2.90. The van der Waals surface area contributed by atoms with Gasteiger partial charge in [-0.25, -0.2) is 4.79 Å². The number of hydrogen-bond donors (Lipinski definition) is 1. The van der Waals surface area contributed by atoms with Crippen molar-refractivity contribution in [3.8, 4) is 5.75 Å². The van der Waals surface area contributed by atoms with E-state index in [-0.39, 0.29) is 6.61 Å². The van der Waals surface area contributed by atoms with Crippen molar-refractivity contribution >= 4 is 23.3 Å². The first-order valence-corrected chi connectivity index (χ1v) is 9.64. The van der Waals surface area contributed by atoms with Crippen molar-refractivity contribution in [2.24, 2.45) is 0 Å². The van der Waals surface area contributed by atoms with Crippen LogP contribution in [0.1, 0.15) is 12.5 Å². The van der Waals surface area contributed by atoms with Gasteiger partial charge in [0.25, 0.3) is 5.91 Å². The topological polar surface area (TPSA) is 77.1 Å². The van der Waals surface area contributed by atoms with Crippen LogP contribution in [-0.2, 0) is 19.1 Å². The summed E-state index contributed by atoms with van der Waals surface area (Å²) in [5.41, 5.74) is 2.83. The fraction of sp³-hybridized carbons (Fsp3) is 0.364. The van der Waals surface area contributed by atoms with Gasteiger partial charge in [0.15, 0.2) is 12.7 Å². The maximum absolute atomic E-state index is 12.1. The number of anilines is 2. The molecule has 1 atom stereocenters. The Labute approximate surface area is 170 Å². The van der Waals surface area contributed by atoms with Gasteiger partial charge in [-0.05, 0) is 50.2 Å². The third kappa shape index (κ3) is 6.22. The minimum absolute atomic E-state index is 0.369. The highest BCUT2D eigenvalue weighted by atomic mass is 16.6. The van der Waals surface area contributed by atoms with E-state index in [0.29, 0.717) is 11.4 Å². The van der Waals surface area contributed by atoms with Gasteiger partial charge in [0, 0.05) is 24.5 Å². The number of nitrogens with zero attached hydrogens (tertiary/aromatic N) is 1. The van der Waals surface area contributed by atoms with Crippen LogP contribution < -0.4 is 15.0 Å². The maximum Gasteiger partial charge on any atom is 0.347 e. The van der Waals surface area contributed by atoms with Crippen molar-refractivity contribution in [2.75, 3.05) is 43.1 Å². The van der Waals surface area contributed by atoms with Crippen LogP contribution in [0.5, 0.6) is 5.75 Å². The third-order valence-electron chi connectivity index (χ3n) is 4.54. The zero-order valence-electron chi connectivity index (χ0n) is 16.7. The molecule has 0 saturated carbocycles. The summed E-state index contributed by atoms with van der Waals surface area (Å²) in [6.07, 6.45) is -0.807. The number of aryl methyl sites for hydroxylation is 1. The average Bonchev–Trinajstić information content (AvgIpc) is 2.75. The molecule has 154 valence electrons. The first kappa shape index (κ1) is 20.7. The van der Waals surface area contributed by atoms with Gasteiger partial charge in [0.2, 0.25) is 0 Å². The van der Waals surface area contributed by atoms with Crippen LogP contribution in [0.15, 0.2) is 48.5 Å². The lowest BCUT2D eigenvalue weighted by Crippen LogP contribution is -2.36. The first-order valence-electron chi connectivity index (χ1n) is 9.64. The second kappa shape index (κ2) is 9.93. The standard InChI is InChI=1S/C22H26N2O5/c1-16-3-9-20(10-4-16)29-17(2)22(26)28-15-21(25)23-18-5-7-19(8-6-18)24-11-13-27-14-12-24/h3-10,17H,11-15H2,1-2H3,(H,23,25). The van der Waals surface area contributed by atoms with Crippen LogP contribution in [0.25, 0.3) is 0 Å². The van der Waals surface area contributed by atoms with Crippen LogP contribution in [0.2, 0.25) is 0 Å². The van der Waals surface area contributed by atoms with E-state index in [1.54, 1.807) is 19.1 Å². The van der Waals surface area contributed by atoms with Gasteiger partial charge in [-0.2, -0.15) is 0 Å². The summed E-state index contributed by atoms with van der Waals surface area (Å²) in [4.78, 5) is 26.3. The molecule has 2 aromatic rings. The van der Waals surface area contributed by atoms with Gasteiger partial charge in [0.05, 0.1) is 13.2 Å². The Morgan fingerprint density at radius 3 is 2.38 bits per heavy atom. The molecule has 7 heteroatoms. The molecule has 1 amide bonds. The monoisotopic (exact) mass is 398 g/mol. The number of morpholine rings is 1. The first-order chi connectivity index (χ1) is 14.0. The summed E-state index contributed by atoms with van der Waals surface area (Å²) in [6, 6.07) is 14.9. The molecule has 2 aromatic carbocycles. The molecular weight excluding hydrogens is 372 g/mol. The highest BCUT2D eigenvalue weighted by molar-refractivity contribution is 5.93. The van der Waals surface area contributed by atoms with E-state index in [9.17, 15) is 9.59 Å². The van der Waals surface area contributed by atoms with Crippen molar-refractivity contribution < 1.29 is 23.8 Å². The lowest BCUT2D eigenvalue weighted by atomic mass is 10.2. The van der Waals surface area contributed by atoms with Gasteiger partial charge in [0.1, 0.15) is 5.75 Å². The lowest BCUT2D eigenvalue weighted by Gasteiger charge is -2.28. The molecule has 0 aliphatic carbocycles. The normalized spacial score (nSPS) is 14.8. The summed E-state index contributed by atoms with van der Waals surface area (Å²) in [7, 11) is 0. The van der Waals surface area contributed by atoms with Gasteiger partial charge < -0.3 is 24.4 Å². The molecule has 1 N–H and O–H groups in total. The lowest BCUT2D eigenvalue weighted by molar-refractivity contribution is -0.153. The molecule has 1 saturated heterocycles. The largest absolute Gasteiger partial charge is 0.479 e. The van der Waals surface area contributed by atoms with Crippen molar-refractivity contribution in [1.82, 2.24) is 0 Å². The van der Waals surface area contributed by atoms with E-state index in [0.717, 1.165) is 37.6 Å². The number of rotatable bonds is 7. The third-order valence-corrected chi connectivity index (χ3v) is 4.54. The number of amides is 1. The SMILES string of the molecule is Cc1ccc(OC(C)C(=O)OCC(=O)Nc2ccc(N3CCOCC3)cc2)cc1. The Morgan fingerprint density at radius 2 is 1.72 bits per heavy atom. The summed E-state index contributed by atoms with van der Waals surface area (Å²) in [6.45, 7) is 6.33. The van der Waals surface area contributed by atoms with E-state index in [1.165, 1.54) is 0 Å². The van der Waals surface area contributed by atoms with Crippen molar-refractivity contribution in [2.45, 2.75) is 20.0 Å². The summed E-state index contributed by atoms with van der Waals surface area (Å²) < 4.78 is 15.9. The van der Waals surface area contributed by atoms with Crippen LogP contribution in [0.3, 0.4) is 0 Å². The van der Waals surface area contributed by atoms with Crippen LogP contribution in [0.4, 0.5) is 11.4 Å². The van der Waals surface area contributed by atoms with E-state index >= 15 is 0 Å². The molecular formula is C22H26N2O5. The Balaban J connectivity index is 1.42. The van der Waals surface area contributed by atoms with Crippen LogP contribution in [-0.4, -0.2) is 50.9 Å². The number of nitrogens with one attached hydrogen (secondary N) is 1. The summed E-state index contributed by atoms with van der Waals surface area (Å²) in [5, 5.41) is 2.72. The van der Waals surface area contributed by atoms with Crippen LogP contribution in [0, 0.1) is 6.92 Å². The fourth-order valence-electron chi connectivity index (χ4n) is 2.90. The Bertz CT molecular complexity index is 814. The second-order valence-electron chi connectivity index (χ2n) is 6.88. The minimum atomic E-state index is -0.807. The van der Waals surface area contributed by atoms with E-state index in [4.69, 9.17) is 14.2 Å². The molecule has 7 nitrogen and oxygen atoms in total. The predicted molar refractivity (Wildman–Crippen MR) is 110 cm³/mol. The maximum atomic E-state index is 12.1. The van der Waals surface area contributed by atoms with Crippen molar-refractivity contribution in [3.05, 3.63) is 54.1 Å². The number of esters is 1. The molecule has 1 fully saturated rings. The number of benzene rings is 2. The van der Waals surface area contributed by atoms with E-state index in [2.05, 4.69) is 10.2 Å².